The van der Waals surface area contributed by atoms with Gasteiger partial charge in [-0.15, -0.1) is 0 Å². The number of aromatic nitrogens is 2. The molecule has 4 aliphatic rings. The molecule has 3 N–H and O–H groups in total. The molecule has 12 nitrogen and oxygen atoms in total. The van der Waals surface area contributed by atoms with E-state index in [-0.39, 0.29) is 24.6 Å². The van der Waals surface area contributed by atoms with Gasteiger partial charge in [0, 0.05) is 30.8 Å². The van der Waals surface area contributed by atoms with Crippen molar-refractivity contribution in [3.8, 4) is 0 Å². The Balaban J connectivity index is 1.53. The summed E-state index contributed by atoms with van der Waals surface area (Å²) in [5.74, 6) is -0.406. The highest BCUT2D eigenvalue weighted by Crippen LogP contribution is 2.54. The van der Waals surface area contributed by atoms with Crippen molar-refractivity contribution in [2.24, 2.45) is 5.92 Å². The van der Waals surface area contributed by atoms with Crippen molar-refractivity contribution in [1.29, 1.82) is 0 Å². The number of aryl methyl sites for hydroxylation is 1. The van der Waals surface area contributed by atoms with Gasteiger partial charge in [0.05, 0.1) is 13.2 Å². The van der Waals surface area contributed by atoms with Crippen molar-refractivity contribution in [1.82, 2.24) is 14.9 Å². The first-order valence-electron chi connectivity index (χ1n) is 9.73. The summed E-state index contributed by atoms with van der Waals surface area (Å²) < 4.78 is 48.8. The number of ether oxygens (including phenoxy) is 3. The third-order valence-electron chi connectivity index (χ3n) is 6.35. The van der Waals surface area contributed by atoms with Crippen molar-refractivity contribution in [2.75, 3.05) is 32.1 Å². The number of H-pyrrole nitrogens is 1. The van der Waals surface area contributed by atoms with Crippen LogP contribution in [0.25, 0.3) is 0 Å². The second-order valence-corrected chi connectivity index (χ2v) is 9.84. The number of hydrogen-bond acceptors (Lipinski definition) is 10. The van der Waals surface area contributed by atoms with Crippen LogP contribution in [0.4, 0.5) is 0 Å². The van der Waals surface area contributed by atoms with E-state index < -0.39 is 56.9 Å². The highest BCUT2D eigenvalue weighted by molar-refractivity contribution is 7.87. The lowest BCUT2D eigenvalue weighted by Gasteiger charge is -2.38. The van der Waals surface area contributed by atoms with Gasteiger partial charge >= 0.3 is 5.69 Å². The molecule has 6 atom stereocenters. The maximum Gasteiger partial charge on any atom is 0.330 e. The molecule has 1 aromatic rings. The average Bonchev–Trinajstić information content (AvgIpc) is 3.39. The molecule has 0 aromatic carbocycles. The van der Waals surface area contributed by atoms with Gasteiger partial charge in [0.15, 0.2) is 17.6 Å². The quantitative estimate of drug-likeness (QED) is 0.425. The molecule has 0 amide bonds. The molecule has 4 aliphatic heterocycles. The third kappa shape index (κ3) is 2.77. The van der Waals surface area contributed by atoms with Crippen LogP contribution in [-0.4, -0.2) is 78.7 Å². The Morgan fingerprint density at radius 2 is 2.20 bits per heavy atom. The zero-order chi connectivity index (χ0) is 21.3. The lowest BCUT2D eigenvalue weighted by Crippen LogP contribution is -2.64. The molecule has 1 unspecified atom stereocenters. The predicted octanol–water partition coefficient (Wildman–Crippen LogP) is -2.45. The van der Waals surface area contributed by atoms with Gasteiger partial charge in [-0.1, -0.05) is 0 Å². The normalized spacial score (nSPS) is 41.8. The molecular formula is C17H23N3O9S. The number of nitrogens with one attached hydrogen (secondary N) is 2. The summed E-state index contributed by atoms with van der Waals surface area (Å²) in [6, 6.07) is 0. The Labute approximate surface area is 171 Å². The Morgan fingerprint density at radius 3 is 2.93 bits per heavy atom. The van der Waals surface area contributed by atoms with E-state index in [0.717, 1.165) is 11.0 Å². The van der Waals surface area contributed by atoms with E-state index in [1.165, 1.54) is 13.1 Å². The van der Waals surface area contributed by atoms with Gasteiger partial charge in [-0.3, -0.25) is 23.8 Å². The second-order valence-electron chi connectivity index (χ2n) is 8.27. The van der Waals surface area contributed by atoms with Crippen LogP contribution in [-0.2, 0) is 28.5 Å². The zero-order valence-corrected chi connectivity index (χ0v) is 17.0. The van der Waals surface area contributed by atoms with Gasteiger partial charge in [0.2, 0.25) is 0 Å². The number of hydrogen-bond donors (Lipinski definition) is 3. The molecule has 30 heavy (non-hydrogen) atoms. The lowest BCUT2D eigenvalue weighted by molar-refractivity contribution is -0.177. The Morgan fingerprint density at radius 1 is 1.40 bits per heavy atom. The monoisotopic (exact) mass is 445 g/mol. The van der Waals surface area contributed by atoms with Crippen LogP contribution in [0.1, 0.15) is 18.2 Å². The molecule has 0 saturated carbocycles. The van der Waals surface area contributed by atoms with E-state index in [1.807, 2.05) is 0 Å². The first-order valence-corrected chi connectivity index (χ1v) is 11.3. The molecular weight excluding hydrogens is 422 g/mol. The van der Waals surface area contributed by atoms with Crippen LogP contribution in [0.3, 0.4) is 0 Å². The number of aliphatic hydroxyl groups excluding tert-OH is 1. The summed E-state index contributed by atoms with van der Waals surface area (Å²) in [6.45, 7) is 2.99. The van der Waals surface area contributed by atoms with Crippen molar-refractivity contribution < 1.29 is 31.9 Å². The van der Waals surface area contributed by atoms with Gasteiger partial charge < -0.3 is 19.3 Å². The second kappa shape index (κ2) is 6.69. The molecule has 0 radical (unpaired) electrons. The van der Waals surface area contributed by atoms with Crippen LogP contribution < -0.4 is 16.6 Å². The predicted molar refractivity (Wildman–Crippen MR) is 99.2 cm³/mol. The molecule has 4 saturated heterocycles. The SMILES string of the molecule is Cc1cn([C@@H]2O[C@@H]3CN[C@@]4(OCC5CCOC5)CS(=O)(=O)O[C@@]34[C@H]2O)c(=O)[nH]c1=O. The summed E-state index contributed by atoms with van der Waals surface area (Å²) in [7, 11) is -4.04. The summed E-state index contributed by atoms with van der Waals surface area (Å²) >= 11 is 0. The van der Waals surface area contributed by atoms with Crippen LogP contribution in [0.15, 0.2) is 15.8 Å². The maximum absolute atomic E-state index is 12.5. The fourth-order valence-corrected chi connectivity index (χ4v) is 6.56. The summed E-state index contributed by atoms with van der Waals surface area (Å²) in [4.78, 5) is 26.2. The van der Waals surface area contributed by atoms with Gasteiger partial charge in [-0.25, -0.2) is 4.79 Å². The van der Waals surface area contributed by atoms with Crippen LogP contribution in [0.5, 0.6) is 0 Å². The summed E-state index contributed by atoms with van der Waals surface area (Å²) in [5, 5.41) is 14.3. The van der Waals surface area contributed by atoms with Crippen molar-refractivity contribution >= 4 is 10.1 Å². The van der Waals surface area contributed by atoms with Crippen LogP contribution in [0.2, 0.25) is 0 Å². The zero-order valence-electron chi connectivity index (χ0n) is 16.2. The average molecular weight is 445 g/mol. The molecule has 1 aromatic heterocycles. The van der Waals surface area contributed by atoms with Gasteiger partial charge in [0.25, 0.3) is 15.7 Å². The minimum Gasteiger partial charge on any atom is -0.385 e. The molecule has 166 valence electrons. The van der Waals surface area contributed by atoms with Gasteiger partial charge in [-0.2, -0.15) is 8.42 Å². The number of aliphatic hydroxyl groups is 1. The molecule has 5 rings (SSSR count). The van der Waals surface area contributed by atoms with Crippen molar-refractivity contribution in [3.63, 3.8) is 0 Å². The fourth-order valence-electron chi connectivity index (χ4n) is 4.84. The minimum absolute atomic E-state index is 0.0975. The third-order valence-corrected chi connectivity index (χ3v) is 7.64. The van der Waals surface area contributed by atoms with Crippen LogP contribution >= 0.6 is 0 Å². The first kappa shape index (κ1) is 20.3. The lowest BCUT2D eigenvalue weighted by atomic mass is 9.85. The fraction of sp³-hybridized carbons (Fsp3) is 0.765. The molecule has 0 bridgehead atoms. The Bertz CT molecular complexity index is 1080. The topological polar surface area (TPSA) is 158 Å². The highest BCUT2D eigenvalue weighted by Gasteiger charge is 2.79. The van der Waals surface area contributed by atoms with Crippen molar-refractivity contribution in [2.45, 2.75) is 43.1 Å². The van der Waals surface area contributed by atoms with E-state index in [1.54, 1.807) is 0 Å². The standard InChI is InChI=1S/C17H23N3O9S/c1-9-5-20(15(23)19-13(9)22)14-12(21)17-11(28-14)4-18-16(17,8-30(24,25)29-17)27-7-10-2-3-26-6-10/h5,10-12,14,18,21H,2-4,6-8H2,1H3,(H,19,22,23)/t10?,11-,12+,14-,16-,17-/m1/s1. The van der Waals surface area contributed by atoms with E-state index in [4.69, 9.17) is 18.4 Å². The number of aromatic amines is 1. The largest absolute Gasteiger partial charge is 0.385 e. The van der Waals surface area contributed by atoms with Gasteiger partial charge in [0.1, 0.15) is 18.0 Å². The molecule has 5 heterocycles. The maximum atomic E-state index is 12.5. The Kier molecular flexibility index (Phi) is 4.53. The molecule has 13 heteroatoms. The number of nitrogens with zero attached hydrogens (tertiary/aromatic N) is 1. The van der Waals surface area contributed by atoms with E-state index >= 15 is 0 Å². The summed E-state index contributed by atoms with van der Waals surface area (Å²) in [5.41, 5.74) is -4.40. The molecule has 1 spiro atoms. The van der Waals surface area contributed by atoms with Crippen molar-refractivity contribution in [3.05, 3.63) is 32.6 Å². The minimum atomic E-state index is -4.04. The first-order chi connectivity index (χ1) is 14.2. The van der Waals surface area contributed by atoms with E-state index in [9.17, 15) is 23.1 Å². The van der Waals surface area contributed by atoms with Crippen LogP contribution in [0, 0.1) is 12.8 Å². The smallest absolute Gasteiger partial charge is 0.330 e. The van der Waals surface area contributed by atoms with E-state index in [2.05, 4.69) is 10.3 Å². The molecule has 4 fully saturated rings. The summed E-state index contributed by atoms with van der Waals surface area (Å²) in [6.07, 6.45) is -1.66. The van der Waals surface area contributed by atoms with Gasteiger partial charge in [-0.05, 0) is 13.3 Å². The Hall–Kier alpha value is -1.61. The highest BCUT2D eigenvalue weighted by atomic mass is 32.2. The number of rotatable bonds is 4. The molecule has 0 aliphatic carbocycles. The van der Waals surface area contributed by atoms with E-state index in [0.29, 0.717) is 13.2 Å².